The summed E-state index contributed by atoms with van der Waals surface area (Å²) in [5.74, 6) is 0.143. The molecule has 0 saturated carbocycles. The van der Waals surface area contributed by atoms with Crippen molar-refractivity contribution in [3.63, 3.8) is 0 Å². The van der Waals surface area contributed by atoms with Gasteiger partial charge in [-0.25, -0.2) is 4.98 Å². The lowest BCUT2D eigenvalue weighted by Crippen LogP contribution is -2.31. The van der Waals surface area contributed by atoms with E-state index >= 15 is 0 Å². The van der Waals surface area contributed by atoms with E-state index in [0.29, 0.717) is 17.2 Å². The first-order valence-corrected chi connectivity index (χ1v) is 7.48. The predicted molar refractivity (Wildman–Crippen MR) is 82.2 cm³/mol. The third kappa shape index (κ3) is 3.59. The quantitative estimate of drug-likeness (QED) is 0.681. The fraction of sp³-hybridized carbons (Fsp3) is 0.667. The van der Waals surface area contributed by atoms with E-state index in [-0.39, 0.29) is 11.9 Å². The van der Waals surface area contributed by atoms with E-state index in [4.69, 9.17) is 11.5 Å². The van der Waals surface area contributed by atoms with E-state index in [2.05, 4.69) is 15.2 Å². The van der Waals surface area contributed by atoms with Crippen LogP contribution in [0.4, 0.5) is 10.9 Å². The van der Waals surface area contributed by atoms with Crippen molar-refractivity contribution < 1.29 is 4.79 Å². The van der Waals surface area contributed by atoms with Crippen molar-refractivity contribution in [2.45, 2.75) is 12.5 Å². The van der Waals surface area contributed by atoms with Gasteiger partial charge in [-0.3, -0.25) is 4.79 Å². The maximum atomic E-state index is 12.1. The highest BCUT2D eigenvalue weighted by Crippen LogP contribution is 2.30. The van der Waals surface area contributed by atoms with Crippen LogP contribution in [0.15, 0.2) is 0 Å². The molecule has 2 heterocycles. The maximum Gasteiger partial charge on any atom is 0.265 e. The fourth-order valence-corrected chi connectivity index (χ4v) is 2.99. The van der Waals surface area contributed by atoms with Gasteiger partial charge in [0.05, 0.1) is 0 Å². The Labute approximate surface area is 122 Å². The average molecular weight is 298 g/mol. The second kappa shape index (κ2) is 6.38. The van der Waals surface area contributed by atoms with Crippen molar-refractivity contribution in [2.24, 2.45) is 5.73 Å². The lowest BCUT2D eigenvalue weighted by atomic mass is 10.3. The van der Waals surface area contributed by atoms with Crippen molar-refractivity contribution >= 4 is 28.2 Å². The Hall–Kier alpha value is -1.38. The number of nitrogens with one attached hydrogen (secondary N) is 1. The summed E-state index contributed by atoms with van der Waals surface area (Å²) in [4.78, 5) is 20.9. The molecule has 1 aromatic heterocycles. The first-order valence-electron chi connectivity index (χ1n) is 6.67. The molecule has 1 unspecified atom stereocenters. The number of nitrogens with two attached hydrogens (primary N) is 2. The number of amides is 1. The standard InChI is InChI=1S/C12H22N6OS/c1-17(2)6-4-15-11(19)9-10(14)16-12(20-9)18-5-3-8(13)7-18/h8H,3-7,13-14H2,1-2H3,(H,15,19). The van der Waals surface area contributed by atoms with Crippen LogP contribution in [0.1, 0.15) is 16.1 Å². The normalized spacial score (nSPS) is 18.8. The summed E-state index contributed by atoms with van der Waals surface area (Å²) >= 11 is 1.33. The predicted octanol–water partition coefficient (Wildman–Crippen LogP) is -0.446. The Morgan fingerprint density at radius 2 is 2.35 bits per heavy atom. The molecule has 5 N–H and O–H groups in total. The van der Waals surface area contributed by atoms with Gasteiger partial charge in [0.15, 0.2) is 5.13 Å². The van der Waals surface area contributed by atoms with Gasteiger partial charge >= 0.3 is 0 Å². The maximum absolute atomic E-state index is 12.1. The van der Waals surface area contributed by atoms with E-state index in [1.165, 1.54) is 11.3 Å². The van der Waals surface area contributed by atoms with E-state index in [1.54, 1.807) is 0 Å². The Morgan fingerprint density at radius 3 is 2.95 bits per heavy atom. The number of aromatic nitrogens is 1. The molecule has 1 aliphatic heterocycles. The highest BCUT2D eigenvalue weighted by molar-refractivity contribution is 7.18. The van der Waals surface area contributed by atoms with Gasteiger partial charge in [0, 0.05) is 32.2 Å². The van der Waals surface area contributed by atoms with Crippen LogP contribution < -0.4 is 21.7 Å². The Bertz CT molecular complexity index is 475. The molecule has 0 aromatic carbocycles. The molecule has 0 bridgehead atoms. The summed E-state index contributed by atoms with van der Waals surface area (Å²) < 4.78 is 0. The Morgan fingerprint density at radius 1 is 1.60 bits per heavy atom. The Balaban J connectivity index is 1.98. The molecule has 0 spiro atoms. The van der Waals surface area contributed by atoms with Crippen molar-refractivity contribution in [3.05, 3.63) is 4.88 Å². The van der Waals surface area contributed by atoms with Gasteiger partial charge in [0.2, 0.25) is 0 Å². The summed E-state index contributed by atoms with van der Waals surface area (Å²) in [7, 11) is 3.92. The smallest absolute Gasteiger partial charge is 0.265 e. The summed E-state index contributed by atoms with van der Waals surface area (Å²) in [5.41, 5.74) is 11.7. The number of anilines is 2. The molecule has 8 heteroatoms. The van der Waals surface area contributed by atoms with Gasteiger partial charge in [0.1, 0.15) is 10.7 Å². The van der Waals surface area contributed by atoms with E-state index in [0.717, 1.165) is 31.2 Å². The molecule has 1 saturated heterocycles. The van der Waals surface area contributed by atoms with Crippen LogP contribution in [0.5, 0.6) is 0 Å². The van der Waals surface area contributed by atoms with E-state index < -0.39 is 0 Å². The number of carbonyl (C=O) groups is 1. The van der Waals surface area contributed by atoms with Crippen LogP contribution in [-0.2, 0) is 0 Å². The van der Waals surface area contributed by atoms with Crippen molar-refractivity contribution in [1.82, 2.24) is 15.2 Å². The zero-order valence-corrected chi connectivity index (χ0v) is 12.7. The molecular formula is C12H22N6OS. The number of thiazole rings is 1. The number of hydrogen-bond donors (Lipinski definition) is 3. The fourth-order valence-electron chi connectivity index (χ4n) is 2.05. The zero-order chi connectivity index (χ0) is 14.7. The first-order chi connectivity index (χ1) is 9.47. The minimum absolute atomic E-state index is 0.156. The van der Waals surface area contributed by atoms with Crippen molar-refractivity contribution in [2.75, 3.05) is 50.9 Å². The molecule has 1 aliphatic rings. The number of nitrogen functional groups attached to an aromatic ring is 1. The van der Waals surface area contributed by atoms with Gasteiger partial charge in [-0.2, -0.15) is 0 Å². The molecule has 20 heavy (non-hydrogen) atoms. The molecular weight excluding hydrogens is 276 g/mol. The minimum atomic E-state index is -0.156. The monoisotopic (exact) mass is 298 g/mol. The Kier molecular flexibility index (Phi) is 4.79. The first kappa shape index (κ1) is 15.0. The second-order valence-corrected chi connectivity index (χ2v) is 6.24. The minimum Gasteiger partial charge on any atom is -0.382 e. The van der Waals surface area contributed by atoms with Crippen LogP contribution in [0.2, 0.25) is 0 Å². The SMILES string of the molecule is CN(C)CCNC(=O)c1sc(N2CCC(N)C2)nc1N. The molecule has 1 aromatic rings. The molecule has 0 radical (unpaired) electrons. The third-order valence-electron chi connectivity index (χ3n) is 3.19. The number of nitrogens with zero attached hydrogens (tertiary/aromatic N) is 3. The van der Waals surface area contributed by atoms with Gasteiger partial charge in [-0.15, -0.1) is 0 Å². The van der Waals surface area contributed by atoms with Gasteiger partial charge in [-0.05, 0) is 20.5 Å². The van der Waals surface area contributed by atoms with Gasteiger partial charge in [0.25, 0.3) is 5.91 Å². The molecule has 2 rings (SSSR count). The highest BCUT2D eigenvalue weighted by atomic mass is 32.1. The number of likely N-dealkylation sites (N-methyl/N-ethyl adjacent to an activating group) is 1. The molecule has 7 nitrogen and oxygen atoms in total. The molecule has 112 valence electrons. The van der Waals surface area contributed by atoms with Gasteiger partial charge in [-0.1, -0.05) is 11.3 Å². The lowest BCUT2D eigenvalue weighted by Gasteiger charge is -2.12. The van der Waals surface area contributed by atoms with Crippen LogP contribution in [0.25, 0.3) is 0 Å². The number of hydrogen-bond acceptors (Lipinski definition) is 7. The molecule has 1 amide bonds. The summed E-state index contributed by atoms with van der Waals surface area (Å²) in [6.07, 6.45) is 0.948. The van der Waals surface area contributed by atoms with E-state index in [9.17, 15) is 4.79 Å². The number of carbonyl (C=O) groups excluding carboxylic acids is 1. The highest BCUT2D eigenvalue weighted by Gasteiger charge is 2.24. The van der Waals surface area contributed by atoms with Crippen molar-refractivity contribution in [1.29, 1.82) is 0 Å². The topological polar surface area (TPSA) is 101 Å². The summed E-state index contributed by atoms with van der Waals surface area (Å²) in [5, 5.41) is 3.64. The summed E-state index contributed by atoms with van der Waals surface area (Å²) in [6, 6.07) is 0.178. The van der Waals surface area contributed by atoms with Crippen LogP contribution in [0.3, 0.4) is 0 Å². The van der Waals surface area contributed by atoms with Crippen molar-refractivity contribution in [3.8, 4) is 0 Å². The zero-order valence-electron chi connectivity index (χ0n) is 11.9. The van der Waals surface area contributed by atoms with E-state index in [1.807, 2.05) is 19.0 Å². The van der Waals surface area contributed by atoms with Crippen LogP contribution >= 0.6 is 11.3 Å². The lowest BCUT2D eigenvalue weighted by molar-refractivity contribution is 0.0956. The molecule has 0 aliphatic carbocycles. The average Bonchev–Trinajstić information content (AvgIpc) is 2.95. The largest absolute Gasteiger partial charge is 0.382 e. The third-order valence-corrected chi connectivity index (χ3v) is 4.32. The van der Waals surface area contributed by atoms with Crippen LogP contribution in [-0.4, -0.2) is 62.1 Å². The summed E-state index contributed by atoms with van der Waals surface area (Å²) in [6.45, 7) is 3.02. The second-order valence-electron chi connectivity index (χ2n) is 5.26. The molecule has 1 atom stereocenters. The van der Waals surface area contributed by atoms with Gasteiger partial charge < -0.3 is 26.6 Å². The van der Waals surface area contributed by atoms with Crippen LogP contribution in [0, 0.1) is 0 Å². The molecule has 1 fully saturated rings. The number of rotatable bonds is 5.